The lowest BCUT2D eigenvalue weighted by atomic mass is 10.1. The summed E-state index contributed by atoms with van der Waals surface area (Å²) in [5, 5.41) is 4.63. The lowest BCUT2D eigenvalue weighted by molar-refractivity contribution is 0.281. The summed E-state index contributed by atoms with van der Waals surface area (Å²) >= 11 is 16.2. The fraction of sp³-hybridized carbons (Fsp3) is 0.316. The van der Waals surface area contributed by atoms with Crippen LogP contribution in [0.3, 0.4) is 0 Å². The van der Waals surface area contributed by atoms with E-state index in [1.54, 1.807) is 6.07 Å². The van der Waals surface area contributed by atoms with Gasteiger partial charge in [-0.25, -0.2) is 4.98 Å². The summed E-state index contributed by atoms with van der Waals surface area (Å²) < 4.78 is 3.09. The number of aromatic nitrogens is 2. The molecular formula is C19H19BrCl2N4. The number of benzene rings is 1. The third-order valence-electron chi connectivity index (χ3n) is 4.66. The van der Waals surface area contributed by atoms with Gasteiger partial charge in [-0.3, -0.25) is 9.30 Å². The topological polar surface area (TPSA) is 32.6 Å². The molecule has 0 saturated carbocycles. The molecule has 3 heterocycles. The molecule has 26 heavy (non-hydrogen) atoms. The molecular weight excluding hydrogens is 435 g/mol. The first-order valence-electron chi connectivity index (χ1n) is 8.67. The lowest BCUT2D eigenvalue weighted by Gasteiger charge is -2.20. The van der Waals surface area contributed by atoms with Crippen molar-refractivity contribution in [1.82, 2.24) is 19.6 Å². The minimum Gasteiger partial charge on any atom is -0.315 e. The molecule has 1 aromatic carbocycles. The van der Waals surface area contributed by atoms with E-state index < -0.39 is 0 Å². The number of imidazole rings is 1. The Labute approximate surface area is 171 Å². The normalized spacial score (nSPS) is 16.1. The summed E-state index contributed by atoms with van der Waals surface area (Å²) in [4.78, 5) is 7.32. The van der Waals surface area contributed by atoms with Crippen molar-refractivity contribution >= 4 is 44.8 Å². The Balaban J connectivity index is 1.83. The summed E-state index contributed by atoms with van der Waals surface area (Å²) in [5.74, 6) is 0. The highest BCUT2D eigenvalue weighted by atomic mass is 79.9. The van der Waals surface area contributed by atoms with Gasteiger partial charge in [-0.2, -0.15) is 0 Å². The Hall–Kier alpha value is -1.11. The molecule has 3 aromatic rings. The maximum absolute atomic E-state index is 6.43. The van der Waals surface area contributed by atoms with Crippen molar-refractivity contribution in [3.8, 4) is 11.3 Å². The molecule has 1 aliphatic rings. The van der Waals surface area contributed by atoms with E-state index in [0.29, 0.717) is 10.0 Å². The van der Waals surface area contributed by atoms with E-state index in [-0.39, 0.29) is 0 Å². The minimum absolute atomic E-state index is 0.569. The Morgan fingerprint density at radius 1 is 1.12 bits per heavy atom. The van der Waals surface area contributed by atoms with E-state index in [0.717, 1.165) is 66.2 Å². The highest BCUT2D eigenvalue weighted by Gasteiger charge is 2.20. The van der Waals surface area contributed by atoms with Gasteiger partial charge < -0.3 is 5.32 Å². The van der Waals surface area contributed by atoms with Crippen molar-refractivity contribution in [2.24, 2.45) is 0 Å². The molecule has 1 N–H and O–H groups in total. The molecule has 1 aliphatic heterocycles. The molecule has 0 unspecified atom stereocenters. The summed E-state index contributed by atoms with van der Waals surface area (Å²) in [6, 6.07) is 9.97. The highest BCUT2D eigenvalue weighted by Crippen LogP contribution is 2.31. The molecule has 0 amide bonds. The van der Waals surface area contributed by atoms with Gasteiger partial charge in [0.2, 0.25) is 0 Å². The average molecular weight is 454 g/mol. The lowest BCUT2D eigenvalue weighted by Crippen LogP contribution is -2.28. The highest BCUT2D eigenvalue weighted by molar-refractivity contribution is 9.10. The third-order valence-corrected chi connectivity index (χ3v) is 5.68. The van der Waals surface area contributed by atoms with Crippen molar-refractivity contribution in [1.29, 1.82) is 0 Å². The van der Waals surface area contributed by atoms with Crippen molar-refractivity contribution in [3.05, 3.63) is 56.7 Å². The molecule has 1 saturated heterocycles. The summed E-state index contributed by atoms with van der Waals surface area (Å²) in [6.45, 7) is 4.97. The Kier molecular flexibility index (Phi) is 5.53. The first-order valence-corrected chi connectivity index (χ1v) is 10.2. The van der Waals surface area contributed by atoms with E-state index in [2.05, 4.69) is 38.3 Å². The van der Waals surface area contributed by atoms with Gasteiger partial charge in [0.05, 0.1) is 21.4 Å². The molecule has 2 aromatic heterocycles. The summed E-state index contributed by atoms with van der Waals surface area (Å²) in [7, 11) is 0. The second-order valence-electron chi connectivity index (χ2n) is 6.49. The van der Waals surface area contributed by atoms with Gasteiger partial charge in [0.15, 0.2) is 5.65 Å². The van der Waals surface area contributed by atoms with Gasteiger partial charge in [-0.15, -0.1) is 0 Å². The SMILES string of the molecule is Clc1cc(Cl)c2nc(-c3ccc(Br)cc3)c(CN3CCCNCC3)n2c1. The van der Waals surface area contributed by atoms with Crippen LogP contribution in [0.4, 0.5) is 0 Å². The van der Waals surface area contributed by atoms with Crippen LogP contribution >= 0.6 is 39.1 Å². The van der Waals surface area contributed by atoms with Gasteiger partial charge in [0, 0.05) is 35.9 Å². The smallest absolute Gasteiger partial charge is 0.156 e. The van der Waals surface area contributed by atoms with E-state index in [9.17, 15) is 0 Å². The average Bonchev–Trinajstić information content (AvgIpc) is 2.79. The Morgan fingerprint density at radius 3 is 2.73 bits per heavy atom. The molecule has 0 radical (unpaired) electrons. The van der Waals surface area contributed by atoms with Crippen LogP contribution in [0.1, 0.15) is 12.1 Å². The molecule has 4 rings (SSSR count). The van der Waals surface area contributed by atoms with Gasteiger partial charge in [-0.05, 0) is 37.7 Å². The number of halogens is 3. The fourth-order valence-electron chi connectivity index (χ4n) is 3.38. The first-order chi connectivity index (χ1) is 12.6. The number of pyridine rings is 1. The molecule has 136 valence electrons. The van der Waals surface area contributed by atoms with Crippen LogP contribution in [0.15, 0.2) is 41.0 Å². The summed E-state index contributed by atoms with van der Waals surface area (Å²) in [6.07, 6.45) is 3.05. The van der Waals surface area contributed by atoms with E-state index >= 15 is 0 Å². The second-order valence-corrected chi connectivity index (χ2v) is 8.25. The van der Waals surface area contributed by atoms with Gasteiger partial charge >= 0.3 is 0 Å². The van der Waals surface area contributed by atoms with Crippen LogP contribution in [0.25, 0.3) is 16.9 Å². The van der Waals surface area contributed by atoms with Crippen molar-refractivity contribution in [2.45, 2.75) is 13.0 Å². The second kappa shape index (κ2) is 7.87. The molecule has 7 heteroatoms. The van der Waals surface area contributed by atoms with Crippen molar-refractivity contribution in [2.75, 3.05) is 26.2 Å². The van der Waals surface area contributed by atoms with Gasteiger partial charge in [-0.1, -0.05) is 51.3 Å². The number of rotatable bonds is 3. The fourth-order valence-corrected chi connectivity index (χ4v) is 4.16. The molecule has 0 aliphatic carbocycles. The van der Waals surface area contributed by atoms with Crippen LogP contribution in [0.5, 0.6) is 0 Å². The zero-order valence-electron chi connectivity index (χ0n) is 14.2. The molecule has 0 spiro atoms. The largest absolute Gasteiger partial charge is 0.315 e. The van der Waals surface area contributed by atoms with Crippen LogP contribution in [0.2, 0.25) is 10.0 Å². The molecule has 4 nitrogen and oxygen atoms in total. The molecule has 1 fully saturated rings. The monoisotopic (exact) mass is 452 g/mol. The first kappa shape index (κ1) is 18.3. The van der Waals surface area contributed by atoms with E-state index in [4.69, 9.17) is 28.2 Å². The van der Waals surface area contributed by atoms with Gasteiger partial charge in [0.25, 0.3) is 0 Å². The van der Waals surface area contributed by atoms with Crippen LogP contribution in [0, 0.1) is 0 Å². The van der Waals surface area contributed by atoms with Crippen molar-refractivity contribution in [3.63, 3.8) is 0 Å². The zero-order valence-corrected chi connectivity index (χ0v) is 17.3. The maximum Gasteiger partial charge on any atom is 0.156 e. The maximum atomic E-state index is 6.43. The predicted molar refractivity (Wildman–Crippen MR) is 111 cm³/mol. The van der Waals surface area contributed by atoms with E-state index in [1.807, 2.05) is 22.7 Å². The number of fused-ring (bicyclic) bond motifs is 1. The van der Waals surface area contributed by atoms with Gasteiger partial charge in [0.1, 0.15) is 0 Å². The van der Waals surface area contributed by atoms with Crippen LogP contribution < -0.4 is 5.32 Å². The minimum atomic E-state index is 0.569. The quantitative estimate of drug-likeness (QED) is 0.614. The predicted octanol–water partition coefficient (Wildman–Crippen LogP) is 4.87. The Bertz CT molecular complexity index is 915. The standard InChI is InChI=1S/C19H19BrCl2N4/c20-14-4-2-13(3-5-14)18-17(12-25-8-1-6-23-7-9-25)26-11-15(21)10-16(22)19(26)24-18/h2-5,10-11,23H,1,6-9,12H2. The molecule has 0 atom stereocenters. The zero-order chi connectivity index (χ0) is 18.1. The number of nitrogens with zero attached hydrogens (tertiary/aromatic N) is 3. The van der Waals surface area contributed by atoms with Crippen molar-refractivity contribution < 1.29 is 0 Å². The van der Waals surface area contributed by atoms with Crippen LogP contribution in [-0.2, 0) is 6.54 Å². The third kappa shape index (κ3) is 3.78. The number of nitrogens with one attached hydrogen (secondary N) is 1. The van der Waals surface area contributed by atoms with Crippen LogP contribution in [-0.4, -0.2) is 40.5 Å². The van der Waals surface area contributed by atoms with E-state index in [1.165, 1.54) is 0 Å². The summed E-state index contributed by atoms with van der Waals surface area (Å²) in [5.41, 5.74) is 3.90. The molecule has 0 bridgehead atoms. The number of hydrogen-bond acceptors (Lipinski definition) is 3. The number of hydrogen-bond donors (Lipinski definition) is 1. The Morgan fingerprint density at radius 2 is 1.92 bits per heavy atom.